The summed E-state index contributed by atoms with van der Waals surface area (Å²) in [5, 5.41) is 2.89. The number of aromatic nitrogens is 2. The van der Waals surface area contributed by atoms with E-state index in [9.17, 15) is 9.59 Å². The lowest BCUT2D eigenvalue weighted by atomic mass is 10.0. The number of thiazole rings is 1. The number of pyridine rings is 1. The number of fused-ring (bicyclic) bond motifs is 1. The second kappa shape index (κ2) is 9.11. The zero-order valence-electron chi connectivity index (χ0n) is 19.8. The molecule has 8 nitrogen and oxygen atoms in total. The first-order valence-corrected chi connectivity index (χ1v) is 13.2. The molecule has 6 rings (SSSR count). The standard InChI is InChI=1S/C26H29N5O3S/c1-16(19-12-24(32)28-13-19)34-23-11-18(10-22-25(23)35-15-29-22)21-5-4-20(14-27-21)30-6-8-31(9-7-30)26(33)17-2-3-17/h4-5,10-11,14-17,19H,2-3,6-9,12-13H2,1H3,(H,28,32)/t16-,19-/m1/s1. The first-order chi connectivity index (χ1) is 17.0. The highest BCUT2D eigenvalue weighted by atomic mass is 32.1. The summed E-state index contributed by atoms with van der Waals surface area (Å²) in [6.45, 7) is 5.89. The molecule has 2 atom stereocenters. The van der Waals surface area contributed by atoms with Crippen molar-refractivity contribution in [3.63, 3.8) is 0 Å². The molecule has 1 aromatic carbocycles. The van der Waals surface area contributed by atoms with Gasteiger partial charge in [-0.2, -0.15) is 0 Å². The summed E-state index contributed by atoms with van der Waals surface area (Å²) < 4.78 is 7.37. The Labute approximate surface area is 208 Å². The number of nitrogens with zero attached hydrogens (tertiary/aromatic N) is 4. The van der Waals surface area contributed by atoms with Gasteiger partial charge < -0.3 is 19.9 Å². The van der Waals surface area contributed by atoms with Crippen molar-refractivity contribution in [2.75, 3.05) is 37.6 Å². The molecule has 1 saturated carbocycles. The molecule has 1 N–H and O–H groups in total. The van der Waals surface area contributed by atoms with E-state index in [2.05, 4.69) is 21.3 Å². The number of benzene rings is 1. The molecule has 2 saturated heterocycles. The Morgan fingerprint density at radius 3 is 2.69 bits per heavy atom. The Morgan fingerprint density at radius 2 is 2.00 bits per heavy atom. The van der Waals surface area contributed by atoms with Gasteiger partial charge in [0.1, 0.15) is 11.9 Å². The third kappa shape index (κ3) is 4.57. The lowest BCUT2D eigenvalue weighted by Gasteiger charge is -2.36. The van der Waals surface area contributed by atoms with Crippen LogP contribution in [0.4, 0.5) is 5.69 Å². The molecule has 2 amide bonds. The van der Waals surface area contributed by atoms with E-state index in [0.717, 1.165) is 71.9 Å². The molecule has 3 fully saturated rings. The zero-order valence-corrected chi connectivity index (χ0v) is 20.6. The molecule has 0 bridgehead atoms. The van der Waals surface area contributed by atoms with E-state index in [-0.39, 0.29) is 23.8 Å². The summed E-state index contributed by atoms with van der Waals surface area (Å²) in [7, 11) is 0. The predicted molar refractivity (Wildman–Crippen MR) is 136 cm³/mol. The van der Waals surface area contributed by atoms with Crippen LogP contribution < -0.4 is 15.0 Å². The molecular weight excluding hydrogens is 462 g/mol. The highest BCUT2D eigenvalue weighted by molar-refractivity contribution is 7.17. The number of rotatable bonds is 6. The number of ether oxygens (including phenoxy) is 1. The van der Waals surface area contributed by atoms with Gasteiger partial charge in [0.05, 0.1) is 33.3 Å². The van der Waals surface area contributed by atoms with Crippen molar-refractivity contribution < 1.29 is 14.3 Å². The lowest BCUT2D eigenvalue weighted by Crippen LogP contribution is -2.49. The maximum absolute atomic E-state index is 12.3. The van der Waals surface area contributed by atoms with Gasteiger partial charge in [-0.15, -0.1) is 11.3 Å². The number of hydrogen-bond donors (Lipinski definition) is 1. The molecule has 0 unspecified atom stereocenters. The normalized spacial score (nSPS) is 21.3. The summed E-state index contributed by atoms with van der Waals surface area (Å²) in [6, 6.07) is 8.22. The molecular formula is C26H29N5O3S. The summed E-state index contributed by atoms with van der Waals surface area (Å²) >= 11 is 1.56. The summed E-state index contributed by atoms with van der Waals surface area (Å²) in [5.74, 6) is 1.65. The molecule has 2 aromatic heterocycles. The third-order valence-electron chi connectivity index (χ3n) is 7.31. The highest BCUT2D eigenvalue weighted by Crippen LogP contribution is 2.36. The quantitative estimate of drug-likeness (QED) is 0.569. The number of carbonyl (C=O) groups is 2. The van der Waals surface area contributed by atoms with Crippen LogP contribution >= 0.6 is 11.3 Å². The van der Waals surface area contributed by atoms with Crippen LogP contribution in [0.3, 0.4) is 0 Å². The minimum absolute atomic E-state index is 0.0855. The molecule has 35 heavy (non-hydrogen) atoms. The Bertz CT molecular complexity index is 1250. The number of hydrogen-bond acceptors (Lipinski definition) is 7. The minimum atomic E-state index is -0.0877. The van der Waals surface area contributed by atoms with Crippen LogP contribution in [0.5, 0.6) is 5.75 Å². The van der Waals surface area contributed by atoms with Crippen molar-refractivity contribution in [1.82, 2.24) is 20.2 Å². The van der Waals surface area contributed by atoms with Gasteiger partial charge in [-0.05, 0) is 44.0 Å². The van der Waals surface area contributed by atoms with Crippen molar-refractivity contribution in [3.8, 4) is 17.0 Å². The molecule has 0 radical (unpaired) electrons. The van der Waals surface area contributed by atoms with E-state index in [1.165, 1.54) is 0 Å². The van der Waals surface area contributed by atoms with Gasteiger partial charge in [0.15, 0.2) is 0 Å². The van der Waals surface area contributed by atoms with Crippen LogP contribution in [0, 0.1) is 11.8 Å². The van der Waals surface area contributed by atoms with Crippen LogP contribution in [0.25, 0.3) is 21.5 Å². The Hall–Kier alpha value is -3.20. The maximum atomic E-state index is 12.3. The molecule has 4 heterocycles. The van der Waals surface area contributed by atoms with Crippen LogP contribution in [0.15, 0.2) is 36.0 Å². The molecule has 0 spiro atoms. The SMILES string of the molecule is C[C@@H](Oc1cc(-c2ccc(N3CCN(C(=O)C4CC4)CC3)cn2)cc2ncsc12)[C@H]1CNC(=O)C1. The van der Waals surface area contributed by atoms with E-state index in [4.69, 9.17) is 9.72 Å². The van der Waals surface area contributed by atoms with E-state index in [1.807, 2.05) is 41.7 Å². The van der Waals surface area contributed by atoms with Crippen molar-refractivity contribution >= 4 is 39.1 Å². The first kappa shape index (κ1) is 22.3. The number of nitrogens with one attached hydrogen (secondary N) is 1. The van der Waals surface area contributed by atoms with Crippen LogP contribution in [0.1, 0.15) is 26.2 Å². The number of amides is 2. The third-order valence-corrected chi connectivity index (χ3v) is 8.17. The lowest BCUT2D eigenvalue weighted by molar-refractivity contribution is -0.132. The summed E-state index contributed by atoms with van der Waals surface area (Å²) in [5.41, 5.74) is 5.61. The zero-order chi connectivity index (χ0) is 23.9. The fraction of sp³-hybridized carbons (Fsp3) is 0.462. The van der Waals surface area contributed by atoms with Gasteiger partial charge in [-0.25, -0.2) is 4.98 Å². The average Bonchev–Trinajstić information content (AvgIpc) is 3.46. The summed E-state index contributed by atoms with van der Waals surface area (Å²) in [4.78, 5) is 37.5. The molecule has 182 valence electrons. The van der Waals surface area contributed by atoms with Crippen molar-refractivity contribution in [2.45, 2.75) is 32.3 Å². The minimum Gasteiger partial charge on any atom is -0.489 e. The Kier molecular flexibility index (Phi) is 5.80. The predicted octanol–water partition coefficient (Wildman–Crippen LogP) is 3.32. The molecule has 9 heteroatoms. The second-order valence-corrected chi connectivity index (χ2v) is 10.6. The first-order valence-electron chi connectivity index (χ1n) is 12.4. The largest absolute Gasteiger partial charge is 0.489 e. The average molecular weight is 492 g/mol. The van der Waals surface area contributed by atoms with Gasteiger partial charge in [0, 0.05) is 56.5 Å². The van der Waals surface area contributed by atoms with Crippen molar-refractivity contribution in [2.24, 2.45) is 11.8 Å². The van der Waals surface area contributed by atoms with Crippen LogP contribution in [0.2, 0.25) is 0 Å². The van der Waals surface area contributed by atoms with Gasteiger partial charge in [0.25, 0.3) is 0 Å². The van der Waals surface area contributed by atoms with Gasteiger partial charge in [-0.1, -0.05) is 0 Å². The highest BCUT2D eigenvalue weighted by Gasteiger charge is 2.34. The van der Waals surface area contributed by atoms with Crippen molar-refractivity contribution in [3.05, 3.63) is 36.0 Å². The maximum Gasteiger partial charge on any atom is 0.225 e. The Morgan fingerprint density at radius 1 is 1.17 bits per heavy atom. The topological polar surface area (TPSA) is 87.7 Å². The van der Waals surface area contributed by atoms with Gasteiger partial charge in [-0.3, -0.25) is 14.6 Å². The van der Waals surface area contributed by atoms with E-state index >= 15 is 0 Å². The molecule has 3 aliphatic rings. The summed E-state index contributed by atoms with van der Waals surface area (Å²) in [6.07, 6.45) is 4.44. The van der Waals surface area contributed by atoms with Crippen LogP contribution in [-0.2, 0) is 9.59 Å². The van der Waals surface area contributed by atoms with E-state index in [0.29, 0.717) is 18.9 Å². The number of carbonyl (C=O) groups excluding carboxylic acids is 2. The number of anilines is 1. The van der Waals surface area contributed by atoms with Crippen LogP contribution in [-0.4, -0.2) is 65.5 Å². The van der Waals surface area contributed by atoms with E-state index in [1.54, 1.807) is 11.3 Å². The molecule has 2 aliphatic heterocycles. The monoisotopic (exact) mass is 491 g/mol. The number of piperazine rings is 1. The van der Waals surface area contributed by atoms with E-state index < -0.39 is 0 Å². The van der Waals surface area contributed by atoms with Crippen molar-refractivity contribution in [1.29, 1.82) is 0 Å². The van der Waals surface area contributed by atoms with Gasteiger partial charge in [0.2, 0.25) is 11.8 Å². The smallest absolute Gasteiger partial charge is 0.225 e. The fourth-order valence-electron chi connectivity index (χ4n) is 4.95. The van der Waals surface area contributed by atoms with Gasteiger partial charge >= 0.3 is 0 Å². The Balaban J connectivity index is 1.17. The second-order valence-electron chi connectivity index (χ2n) is 9.75. The molecule has 1 aliphatic carbocycles. The molecule has 3 aromatic rings. The fourth-order valence-corrected chi connectivity index (χ4v) is 5.67.